The van der Waals surface area contributed by atoms with Crippen LogP contribution in [0.2, 0.25) is 0 Å². The molecule has 0 aliphatic carbocycles. The summed E-state index contributed by atoms with van der Waals surface area (Å²) in [6.07, 6.45) is 3.02. The van der Waals surface area contributed by atoms with Gasteiger partial charge in [-0.1, -0.05) is 31.2 Å². The van der Waals surface area contributed by atoms with Gasteiger partial charge in [-0.15, -0.1) is 0 Å². The summed E-state index contributed by atoms with van der Waals surface area (Å²) in [6, 6.07) is 10.5. The summed E-state index contributed by atoms with van der Waals surface area (Å²) in [5.41, 5.74) is 2.50. The summed E-state index contributed by atoms with van der Waals surface area (Å²) in [4.78, 5) is 4.49. The molecule has 0 bridgehead atoms. The number of nitrogens with one attached hydrogen (secondary N) is 1. The zero-order valence-corrected chi connectivity index (χ0v) is 9.90. The average molecular weight is 214 g/mol. The monoisotopic (exact) mass is 214 g/mol. The molecule has 2 nitrogen and oxygen atoms in total. The van der Waals surface area contributed by atoms with Gasteiger partial charge in [0, 0.05) is 11.6 Å². The van der Waals surface area contributed by atoms with Crippen molar-refractivity contribution in [1.29, 1.82) is 0 Å². The van der Waals surface area contributed by atoms with Gasteiger partial charge in [-0.3, -0.25) is 4.98 Å². The van der Waals surface area contributed by atoms with Crippen LogP contribution in [0.1, 0.15) is 24.8 Å². The lowest BCUT2D eigenvalue weighted by Gasteiger charge is -2.13. The van der Waals surface area contributed by atoms with Crippen molar-refractivity contribution in [3.63, 3.8) is 0 Å². The third-order valence-corrected chi connectivity index (χ3v) is 3.02. The number of fused-ring (bicyclic) bond motifs is 1. The van der Waals surface area contributed by atoms with Crippen molar-refractivity contribution in [2.75, 3.05) is 13.6 Å². The molecule has 1 heterocycles. The van der Waals surface area contributed by atoms with Gasteiger partial charge in [0.05, 0.1) is 5.52 Å². The van der Waals surface area contributed by atoms with Gasteiger partial charge in [-0.25, -0.2) is 0 Å². The summed E-state index contributed by atoms with van der Waals surface area (Å²) in [7, 11) is 1.99. The van der Waals surface area contributed by atoms with Gasteiger partial charge >= 0.3 is 0 Å². The summed E-state index contributed by atoms with van der Waals surface area (Å²) in [5.74, 6) is 0.547. The molecule has 2 heteroatoms. The van der Waals surface area contributed by atoms with Gasteiger partial charge in [-0.2, -0.15) is 0 Å². The molecule has 84 valence electrons. The molecule has 1 unspecified atom stereocenters. The first kappa shape index (κ1) is 11.1. The minimum absolute atomic E-state index is 0.547. The zero-order chi connectivity index (χ0) is 11.4. The van der Waals surface area contributed by atoms with Crippen LogP contribution in [0, 0.1) is 0 Å². The molecule has 0 fully saturated rings. The fourth-order valence-corrected chi connectivity index (χ4v) is 2.04. The van der Waals surface area contributed by atoms with Crippen LogP contribution in [0.3, 0.4) is 0 Å². The number of nitrogens with zero attached hydrogens (tertiary/aromatic N) is 1. The lowest BCUT2D eigenvalue weighted by Crippen LogP contribution is -2.11. The van der Waals surface area contributed by atoms with E-state index in [2.05, 4.69) is 41.5 Å². The highest BCUT2D eigenvalue weighted by Crippen LogP contribution is 2.25. The van der Waals surface area contributed by atoms with Crippen molar-refractivity contribution in [2.45, 2.75) is 19.3 Å². The molecule has 1 aromatic heterocycles. The largest absolute Gasteiger partial charge is 0.320 e. The number of benzene rings is 1. The molecule has 0 spiro atoms. The SMILES string of the molecule is CNCCC(C)c1cccc2cccnc12. The van der Waals surface area contributed by atoms with E-state index in [1.54, 1.807) is 0 Å². The van der Waals surface area contributed by atoms with Crippen molar-refractivity contribution >= 4 is 10.9 Å². The summed E-state index contributed by atoms with van der Waals surface area (Å²) in [6.45, 7) is 3.31. The van der Waals surface area contributed by atoms with Crippen molar-refractivity contribution in [2.24, 2.45) is 0 Å². The van der Waals surface area contributed by atoms with E-state index in [9.17, 15) is 0 Å². The Bertz CT molecular complexity index is 460. The number of hydrogen-bond acceptors (Lipinski definition) is 2. The summed E-state index contributed by atoms with van der Waals surface area (Å²) < 4.78 is 0. The second-order valence-electron chi connectivity index (χ2n) is 4.22. The fraction of sp³-hybridized carbons (Fsp3) is 0.357. The minimum atomic E-state index is 0.547. The summed E-state index contributed by atoms with van der Waals surface area (Å²) in [5, 5.41) is 4.43. The molecule has 0 aliphatic rings. The Morgan fingerprint density at radius 2 is 2.06 bits per heavy atom. The molecule has 1 aromatic carbocycles. The third kappa shape index (κ3) is 2.22. The summed E-state index contributed by atoms with van der Waals surface area (Å²) >= 11 is 0. The predicted octanol–water partition coefficient (Wildman–Crippen LogP) is 2.95. The van der Waals surface area contributed by atoms with E-state index < -0.39 is 0 Å². The first-order valence-corrected chi connectivity index (χ1v) is 5.81. The van der Waals surface area contributed by atoms with E-state index in [4.69, 9.17) is 0 Å². The van der Waals surface area contributed by atoms with Gasteiger partial charge in [-0.05, 0) is 37.6 Å². The number of aromatic nitrogens is 1. The van der Waals surface area contributed by atoms with Crippen LogP contribution in [0.25, 0.3) is 10.9 Å². The van der Waals surface area contributed by atoms with E-state index >= 15 is 0 Å². The number of pyridine rings is 1. The van der Waals surface area contributed by atoms with E-state index in [1.807, 2.05) is 19.3 Å². The second-order valence-corrected chi connectivity index (χ2v) is 4.22. The fourth-order valence-electron chi connectivity index (χ4n) is 2.04. The van der Waals surface area contributed by atoms with Crippen LogP contribution in [0.5, 0.6) is 0 Å². The second kappa shape index (κ2) is 5.08. The molecule has 0 saturated carbocycles. The van der Waals surface area contributed by atoms with Gasteiger partial charge in [0.15, 0.2) is 0 Å². The minimum Gasteiger partial charge on any atom is -0.320 e. The molecule has 16 heavy (non-hydrogen) atoms. The molecule has 0 radical (unpaired) electrons. The first-order chi connectivity index (χ1) is 7.83. The standard InChI is InChI=1S/C14H18N2/c1-11(8-10-15-2)13-7-3-5-12-6-4-9-16-14(12)13/h3-7,9,11,15H,8,10H2,1-2H3. The Morgan fingerprint density at radius 1 is 1.25 bits per heavy atom. The molecule has 0 aliphatic heterocycles. The molecule has 1 N–H and O–H groups in total. The number of rotatable bonds is 4. The molecule has 1 atom stereocenters. The lowest BCUT2D eigenvalue weighted by atomic mass is 9.95. The van der Waals surface area contributed by atoms with E-state index in [-0.39, 0.29) is 0 Å². The molecular weight excluding hydrogens is 196 g/mol. The molecular formula is C14H18N2. The smallest absolute Gasteiger partial charge is 0.0736 e. The molecule has 0 saturated heterocycles. The maximum atomic E-state index is 4.49. The van der Waals surface area contributed by atoms with Crippen LogP contribution in [-0.4, -0.2) is 18.6 Å². The number of para-hydroxylation sites is 1. The van der Waals surface area contributed by atoms with Crippen molar-refractivity contribution < 1.29 is 0 Å². The van der Waals surface area contributed by atoms with Crippen LogP contribution in [0.4, 0.5) is 0 Å². The van der Waals surface area contributed by atoms with Crippen molar-refractivity contribution in [1.82, 2.24) is 10.3 Å². The van der Waals surface area contributed by atoms with Crippen molar-refractivity contribution in [3.8, 4) is 0 Å². The average Bonchev–Trinajstić information content (AvgIpc) is 2.35. The Hall–Kier alpha value is -1.41. The maximum Gasteiger partial charge on any atom is 0.0736 e. The van der Waals surface area contributed by atoms with E-state index in [0.717, 1.165) is 18.5 Å². The van der Waals surface area contributed by atoms with Crippen LogP contribution in [-0.2, 0) is 0 Å². The Labute approximate surface area is 96.7 Å². The van der Waals surface area contributed by atoms with Gasteiger partial charge in [0.25, 0.3) is 0 Å². The maximum absolute atomic E-state index is 4.49. The highest BCUT2D eigenvalue weighted by atomic mass is 14.8. The van der Waals surface area contributed by atoms with Crippen LogP contribution >= 0.6 is 0 Å². The Morgan fingerprint density at radius 3 is 2.88 bits per heavy atom. The molecule has 2 rings (SSSR count). The van der Waals surface area contributed by atoms with Crippen molar-refractivity contribution in [3.05, 3.63) is 42.1 Å². The zero-order valence-electron chi connectivity index (χ0n) is 9.90. The van der Waals surface area contributed by atoms with Crippen LogP contribution < -0.4 is 5.32 Å². The Balaban J connectivity index is 2.36. The third-order valence-electron chi connectivity index (χ3n) is 3.02. The van der Waals surface area contributed by atoms with Gasteiger partial charge < -0.3 is 5.32 Å². The molecule has 0 amide bonds. The van der Waals surface area contributed by atoms with E-state index in [0.29, 0.717) is 5.92 Å². The normalized spacial score (nSPS) is 12.9. The van der Waals surface area contributed by atoms with Gasteiger partial charge in [0.1, 0.15) is 0 Å². The number of hydrogen-bond donors (Lipinski definition) is 1. The highest BCUT2D eigenvalue weighted by Gasteiger charge is 2.09. The predicted molar refractivity (Wildman–Crippen MR) is 68.7 cm³/mol. The highest BCUT2D eigenvalue weighted by molar-refractivity contribution is 5.81. The van der Waals surface area contributed by atoms with Crippen LogP contribution in [0.15, 0.2) is 36.5 Å². The molecule has 2 aromatic rings. The first-order valence-electron chi connectivity index (χ1n) is 5.81. The van der Waals surface area contributed by atoms with Gasteiger partial charge in [0.2, 0.25) is 0 Å². The lowest BCUT2D eigenvalue weighted by molar-refractivity contribution is 0.639. The van der Waals surface area contributed by atoms with E-state index in [1.165, 1.54) is 10.9 Å². The quantitative estimate of drug-likeness (QED) is 0.846. The Kier molecular flexibility index (Phi) is 3.52. The topological polar surface area (TPSA) is 24.9 Å².